The molecule has 2 aromatic carbocycles. The third kappa shape index (κ3) is 2.40. The number of hydrogen-bond donors (Lipinski definition) is 0. The fraction of sp³-hybridized carbons (Fsp3) is 0. The first-order valence-electron chi connectivity index (χ1n) is 6.00. The highest BCUT2D eigenvalue weighted by molar-refractivity contribution is 6.37. The Morgan fingerprint density at radius 3 is 2.65 bits per heavy atom. The number of hydrogen-bond acceptors (Lipinski definition) is 2. The number of benzene rings is 2. The number of ketones is 1. The van der Waals surface area contributed by atoms with Crippen molar-refractivity contribution in [1.82, 2.24) is 4.98 Å². The third-order valence-electron chi connectivity index (χ3n) is 3.04. The van der Waals surface area contributed by atoms with Crippen molar-refractivity contribution >= 4 is 39.9 Å². The predicted octanol–water partition coefficient (Wildman–Crippen LogP) is 4.77. The molecular formula is C16H9Cl2NO. The van der Waals surface area contributed by atoms with Gasteiger partial charge in [-0.1, -0.05) is 41.4 Å². The Hall–Kier alpha value is -1.90. The lowest BCUT2D eigenvalue weighted by Crippen LogP contribution is -2.02. The van der Waals surface area contributed by atoms with Crippen molar-refractivity contribution in [2.45, 2.75) is 0 Å². The van der Waals surface area contributed by atoms with Crippen molar-refractivity contribution in [3.05, 3.63) is 75.9 Å². The molecule has 0 amide bonds. The minimum atomic E-state index is -0.140. The summed E-state index contributed by atoms with van der Waals surface area (Å²) >= 11 is 11.9. The summed E-state index contributed by atoms with van der Waals surface area (Å²) in [4.78, 5) is 16.7. The molecule has 0 aliphatic rings. The van der Waals surface area contributed by atoms with E-state index in [1.54, 1.807) is 36.5 Å². The van der Waals surface area contributed by atoms with E-state index in [1.807, 2.05) is 18.2 Å². The van der Waals surface area contributed by atoms with Crippen LogP contribution in [0.4, 0.5) is 0 Å². The second kappa shape index (κ2) is 5.23. The molecule has 0 aliphatic heterocycles. The minimum Gasteiger partial charge on any atom is -0.289 e. The van der Waals surface area contributed by atoms with Crippen LogP contribution in [0.5, 0.6) is 0 Å². The second-order valence-corrected chi connectivity index (χ2v) is 5.21. The summed E-state index contributed by atoms with van der Waals surface area (Å²) in [7, 11) is 0. The number of halogens is 2. The van der Waals surface area contributed by atoms with Gasteiger partial charge in [0, 0.05) is 27.7 Å². The van der Waals surface area contributed by atoms with E-state index in [1.165, 1.54) is 0 Å². The molecule has 1 heterocycles. The third-order valence-corrected chi connectivity index (χ3v) is 3.59. The molecule has 0 saturated heterocycles. The molecule has 20 heavy (non-hydrogen) atoms. The van der Waals surface area contributed by atoms with Gasteiger partial charge in [-0.3, -0.25) is 9.78 Å². The number of rotatable bonds is 2. The normalized spacial score (nSPS) is 10.7. The van der Waals surface area contributed by atoms with Crippen LogP contribution < -0.4 is 0 Å². The Labute approximate surface area is 126 Å². The van der Waals surface area contributed by atoms with Gasteiger partial charge < -0.3 is 0 Å². The molecule has 0 bridgehead atoms. The van der Waals surface area contributed by atoms with Crippen LogP contribution >= 0.6 is 23.2 Å². The molecule has 0 atom stereocenters. The Kier molecular flexibility index (Phi) is 3.43. The molecular weight excluding hydrogens is 293 g/mol. The van der Waals surface area contributed by atoms with Gasteiger partial charge >= 0.3 is 0 Å². The van der Waals surface area contributed by atoms with E-state index in [0.717, 1.165) is 10.9 Å². The van der Waals surface area contributed by atoms with Crippen molar-refractivity contribution in [2.75, 3.05) is 0 Å². The highest BCUT2D eigenvalue weighted by Crippen LogP contribution is 2.24. The monoisotopic (exact) mass is 301 g/mol. The summed E-state index contributed by atoms with van der Waals surface area (Å²) in [5.41, 5.74) is 1.77. The molecule has 0 unspecified atom stereocenters. The maximum absolute atomic E-state index is 12.5. The van der Waals surface area contributed by atoms with Gasteiger partial charge in [-0.25, -0.2) is 0 Å². The lowest BCUT2D eigenvalue weighted by atomic mass is 10.0. The van der Waals surface area contributed by atoms with Gasteiger partial charge in [0.1, 0.15) is 0 Å². The summed E-state index contributed by atoms with van der Waals surface area (Å²) in [5.74, 6) is -0.140. The van der Waals surface area contributed by atoms with Crippen LogP contribution in [-0.2, 0) is 0 Å². The Morgan fingerprint density at radius 1 is 1.00 bits per heavy atom. The van der Waals surface area contributed by atoms with E-state index in [2.05, 4.69) is 4.98 Å². The second-order valence-electron chi connectivity index (χ2n) is 4.36. The zero-order valence-corrected chi connectivity index (χ0v) is 11.8. The molecule has 98 valence electrons. The van der Waals surface area contributed by atoms with Crippen LogP contribution in [0.15, 0.2) is 54.7 Å². The van der Waals surface area contributed by atoms with Crippen LogP contribution in [-0.4, -0.2) is 10.8 Å². The van der Waals surface area contributed by atoms with Gasteiger partial charge in [0.05, 0.1) is 10.5 Å². The summed E-state index contributed by atoms with van der Waals surface area (Å²) < 4.78 is 0. The summed E-state index contributed by atoms with van der Waals surface area (Å²) in [5, 5.41) is 1.85. The van der Waals surface area contributed by atoms with Crippen LogP contribution in [0.1, 0.15) is 15.9 Å². The first-order chi connectivity index (χ1) is 9.65. The minimum absolute atomic E-state index is 0.140. The quantitative estimate of drug-likeness (QED) is 0.638. The van der Waals surface area contributed by atoms with E-state index >= 15 is 0 Å². The molecule has 3 rings (SSSR count). The maximum atomic E-state index is 12.5. The molecule has 1 aromatic heterocycles. The number of aromatic nitrogens is 1. The molecule has 0 radical (unpaired) electrons. The van der Waals surface area contributed by atoms with Crippen molar-refractivity contribution < 1.29 is 4.79 Å². The first-order valence-corrected chi connectivity index (χ1v) is 6.75. The largest absolute Gasteiger partial charge is 0.289 e. The average Bonchev–Trinajstić information content (AvgIpc) is 2.46. The van der Waals surface area contributed by atoms with Gasteiger partial charge in [0.25, 0.3) is 0 Å². The number of nitrogens with zero attached hydrogens (tertiary/aromatic N) is 1. The van der Waals surface area contributed by atoms with Gasteiger partial charge in [-0.05, 0) is 30.3 Å². The summed E-state index contributed by atoms with van der Waals surface area (Å²) in [6.07, 6.45) is 1.70. The molecule has 4 heteroatoms. The molecule has 0 N–H and O–H groups in total. The molecule has 2 nitrogen and oxygen atoms in total. The van der Waals surface area contributed by atoms with Gasteiger partial charge in [0.15, 0.2) is 5.78 Å². The van der Waals surface area contributed by atoms with Crippen molar-refractivity contribution in [3.8, 4) is 0 Å². The molecule has 0 aliphatic carbocycles. The average molecular weight is 302 g/mol. The summed E-state index contributed by atoms with van der Waals surface area (Å²) in [6.45, 7) is 0. The molecule has 0 spiro atoms. The fourth-order valence-electron chi connectivity index (χ4n) is 2.04. The highest BCUT2D eigenvalue weighted by Gasteiger charge is 2.13. The van der Waals surface area contributed by atoms with Gasteiger partial charge in [-0.15, -0.1) is 0 Å². The van der Waals surface area contributed by atoms with Crippen LogP contribution in [0.2, 0.25) is 10.0 Å². The molecule has 0 saturated carbocycles. The smallest absolute Gasteiger partial charge is 0.194 e. The highest BCUT2D eigenvalue weighted by atomic mass is 35.5. The van der Waals surface area contributed by atoms with Crippen LogP contribution in [0, 0.1) is 0 Å². The lowest BCUT2D eigenvalue weighted by Gasteiger charge is -2.05. The number of pyridine rings is 1. The molecule has 0 fully saturated rings. The lowest BCUT2D eigenvalue weighted by molar-refractivity contribution is 0.103. The van der Waals surface area contributed by atoms with Crippen molar-refractivity contribution in [1.29, 1.82) is 0 Å². The van der Waals surface area contributed by atoms with E-state index in [-0.39, 0.29) is 5.78 Å². The number of carbonyl (C=O) groups is 1. The van der Waals surface area contributed by atoms with Gasteiger partial charge in [0.2, 0.25) is 0 Å². The Balaban J connectivity index is 2.08. The Bertz CT molecular complexity index is 814. The zero-order valence-electron chi connectivity index (χ0n) is 10.3. The Morgan fingerprint density at radius 2 is 1.85 bits per heavy atom. The van der Waals surface area contributed by atoms with Crippen LogP contribution in [0.25, 0.3) is 10.9 Å². The first kappa shape index (κ1) is 13.1. The SMILES string of the molecule is O=C(c1ccc2cccnc2c1)c1ccc(Cl)cc1Cl. The van der Waals surface area contributed by atoms with E-state index in [9.17, 15) is 4.79 Å². The van der Waals surface area contributed by atoms with Crippen LogP contribution in [0.3, 0.4) is 0 Å². The van der Waals surface area contributed by atoms with Crippen molar-refractivity contribution in [3.63, 3.8) is 0 Å². The number of carbonyl (C=O) groups excluding carboxylic acids is 1. The molecule has 3 aromatic rings. The number of fused-ring (bicyclic) bond motifs is 1. The van der Waals surface area contributed by atoms with Gasteiger partial charge in [-0.2, -0.15) is 0 Å². The topological polar surface area (TPSA) is 30.0 Å². The summed E-state index contributed by atoms with van der Waals surface area (Å²) in [6, 6.07) is 14.1. The van der Waals surface area contributed by atoms with E-state index < -0.39 is 0 Å². The van der Waals surface area contributed by atoms with Crippen molar-refractivity contribution in [2.24, 2.45) is 0 Å². The van der Waals surface area contributed by atoms with E-state index in [0.29, 0.717) is 21.2 Å². The zero-order chi connectivity index (χ0) is 14.1. The fourth-order valence-corrected chi connectivity index (χ4v) is 2.53. The maximum Gasteiger partial charge on any atom is 0.194 e. The van der Waals surface area contributed by atoms with E-state index in [4.69, 9.17) is 23.2 Å². The predicted molar refractivity (Wildman–Crippen MR) is 81.6 cm³/mol. The standard InChI is InChI=1S/C16H9Cl2NO/c17-12-5-6-13(14(18)9-12)16(20)11-4-3-10-2-1-7-19-15(10)8-11/h1-9H.